The van der Waals surface area contributed by atoms with E-state index in [0.29, 0.717) is 16.6 Å². The number of ether oxygens (including phenoxy) is 1. The van der Waals surface area contributed by atoms with E-state index in [4.69, 9.17) is 4.74 Å². The van der Waals surface area contributed by atoms with E-state index >= 15 is 0 Å². The number of hydrogen-bond donors (Lipinski definition) is 1. The highest BCUT2D eigenvalue weighted by Crippen LogP contribution is 2.18. The fourth-order valence-electron chi connectivity index (χ4n) is 2.78. The average molecular weight is 313 g/mol. The highest BCUT2D eigenvalue weighted by molar-refractivity contribution is 5.94. The summed E-state index contributed by atoms with van der Waals surface area (Å²) in [7, 11) is 1.35. The van der Waals surface area contributed by atoms with Crippen molar-refractivity contribution in [2.75, 3.05) is 7.11 Å². The van der Waals surface area contributed by atoms with E-state index in [2.05, 4.69) is 16.9 Å². The van der Waals surface area contributed by atoms with Crippen LogP contribution in [0.2, 0.25) is 0 Å². The summed E-state index contributed by atoms with van der Waals surface area (Å²) in [6.45, 7) is 2.15. The Balaban J connectivity index is 2.22. The predicted octanol–water partition coefficient (Wildman–Crippen LogP) is 2.70. The normalized spacial score (nSPS) is 11.2. The van der Waals surface area contributed by atoms with Crippen molar-refractivity contribution in [1.29, 1.82) is 0 Å². The molecule has 1 N–H and O–H groups in total. The number of imidazole rings is 1. The van der Waals surface area contributed by atoms with Gasteiger partial charge in [0.05, 0.1) is 29.9 Å². The van der Waals surface area contributed by atoms with Crippen LogP contribution < -0.4 is 5.56 Å². The molecule has 0 saturated heterocycles. The molecule has 3 aromatic rings. The second kappa shape index (κ2) is 6.24. The van der Waals surface area contributed by atoms with Crippen molar-refractivity contribution < 1.29 is 9.53 Å². The zero-order chi connectivity index (χ0) is 16.4. The van der Waals surface area contributed by atoms with E-state index in [0.717, 1.165) is 37.0 Å². The second-order valence-electron chi connectivity index (χ2n) is 5.53. The molecule has 0 aliphatic carbocycles. The Hall–Kier alpha value is -2.63. The quantitative estimate of drug-likeness (QED) is 0.580. The van der Waals surface area contributed by atoms with Crippen LogP contribution in [0.25, 0.3) is 16.6 Å². The number of esters is 1. The second-order valence-corrected chi connectivity index (χ2v) is 5.53. The third kappa shape index (κ3) is 2.72. The molecule has 6 heteroatoms. The topological polar surface area (TPSA) is 76.5 Å². The van der Waals surface area contributed by atoms with E-state index in [1.807, 2.05) is 4.40 Å². The fraction of sp³-hybridized carbons (Fsp3) is 0.353. The van der Waals surface area contributed by atoms with Crippen LogP contribution in [0.1, 0.15) is 42.4 Å². The molecule has 0 atom stereocenters. The molecule has 0 amide bonds. The SMILES string of the molecule is CCCCCc1ncc2c(=O)[nH]c3ccc(C(=O)OC)cc3n12. The van der Waals surface area contributed by atoms with Crippen molar-refractivity contribution in [3.63, 3.8) is 0 Å². The minimum Gasteiger partial charge on any atom is -0.465 e. The standard InChI is InChI=1S/C17H19N3O3/c1-3-4-5-6-15-18-10-14-16(21)19-12-8-7-11(17(22)23-2)9-13(12)20(14)15/h7-10H,3-6H2,1-2H3,(H,19,21). The smallest absolute Gasteiger partial charge is 0.337 e. The van der Waals surface area contributed by atoms with E-state index in [9.17, 15) is 9.59 Å². The van der Waals surface area contributed by atoms with Gasteiger partial charge in [0.15, 0.2) is 0 Å². The maximum atomic E-state index is 12.2. The number of aromatic amines is 1. The molecule has 0 aliphatic heterocycles. The van der Waals surface area contributed by atoms with Crippen LogP contribution in [-0.4, -0.2) is 27.4 Å². The Morgan fingerprint density at radius 3 is 2.87 bits per heavy atom. The molecular weight excluding hydrogens is 294 g/mol. The van der Waals surface area contributed by atoms with Crippen molar-refractivity contribution in [3.8, 4) is 0 Å². The van der Waals surface area contributed by atoms with Gasteiger partial charge in [-0.25, -0.2) is 9.78 Å². The summed E-state index contributed by atoms with van der Waals surface area (Å²) in [6.07, 6.45) is 5.63. The summed E-state index contributed by atoms with van der Waals surface area (Å²) in [5.41, 5.74) is 2.18. The Morgan fingerprint density at radius 2 is 2.13 bits per heavy atom. The predicted molar refractivity (Wildman–Crippen MR) is 87.9 cm³/mol. The van der Waals surface area contributed by atoms with Crippen LogP contribution in [0.15, 0.2) is 29.2 Å². The average Bonchev–Trinajstić information content (AvgIpc) is 2.99. The van der Waals surface area contributed by atoms with Crippen LogP contribution in [0.3, 0.4) is 0 Å². The largest absolute Gasteiger partial charge is 0.465 e. The number of aryl methyl sites for hydroxylation is 1. The fourth-order valence-corrected chi connectivity index (χ4v) is 2.78. The molecule has 0 unspecified atom stereocenters. The zero-order valence-electron chi connectivity index (χ0n) is 13.3. The molecule has 23 heavy (non-hydrogen) atoms. The highest BCUT2D eigenvalue weighted by atomic mass is 16.5. The number of rotatable bonds is 5. The van der Waals surface area contributed by atoms with Gasteiger partial charge in [0.25, 0.3) is 5.56 Å². The molecule has 0 bridgehead atoms. The molecule has 6 nitrogen and oxygen atoms in total. The molecule has 3 rings (SSSR count). The van der Waals surface area contributed by atoms with E-state index in [1.165, 1.54) is 7.11 Å². The summed E-state index contributed by atoms with van der Waals surface area (Å²) < 4.78 is 6.62. The van der Waals surface area contributed by atoms with E-state index in [-0.39, 0.29) is 5.56 Å². The van der Waals surface area contributed by atoms with Crippen LogP contribution in [0, 0.1) is 0 Å². The number of nitrogens with one attached hydrogen (secondary N) is 1. The minimum absolute atomic E-state index is 0.183. The van der Waals surface area contributed by atoms with Crippen molar-refractivity contribution in [2.45, 2.75) is 32.6 Å². The number of carbonyl (C=O) groups excluding carboxylic acids is 1. The Kier molecular flexibility index (Phi) is 4.14. The number of benzene rings is 1. The number of fused-ring (bicyclic) bond motifs is 3. The molecule has 120 valence electrons. The zero-order valence-corrected chi connectivity index (χ0v) is 13.3. The molecule has 0 fully saturated rings. The van der Waals surface area contributed by atoms with Gasteiger partial charge in [0.1, 0.15) is 11.3 Å². The van der Waals surface area contributed by atoms with E-state index in [1.54, 1.807) is 24.4 Å². The highest BCUT2D eigenvalue weighted by Gasteiger charge is 2.13. The Morgan fingerprint density at radius 1 is 1.30 bits per heavy atom. The third-order valence-corrected chi connectivity index (χ3v) is 3.98. The van der Waals surface area contributed by atoms with Gasteiger partial charge >= 0.3 is 5.97 Å². The van der Waals surface area contributed by atoms with E-state index < -0.39 is 5.97 Å². The monoisotopic (exact) mass is 313 g/mol. The van der Waals surface area contributed by atoms with Gasteiger partial charge < -0.3 is 9.72 Å². The molecule has 2 heterocycles. The molecule has 0 aliphatic rings. The molecule has 0 radical (unpaired) electrons. The Bertz CT molecular complexity index is 924. The van der Waals surface area contributed by atoms with Crippen LogP contribution in [0.5, 0.6) is 0 Å². The number of H-pyrrole nitrogens is 1. The van der Waals surface area contributed by atoms with Gasteiger partial charge in [0.2, 0.25) is 0 Å². The first-order chi connectivity index (χ1) is 11.2. The van der Waals surface area contributed by atoms with Gasteiger partial charge in [-0.05, 0) is 24.6 Å². The van der Waals surface area contributed by atoms with Crippen LogP contribution in [0.4, 0.5) is 0 Å². The van der Waals surface area contributed by atoms with Gasteiger partial charge in [-0.15, -0.1) is 0 Å². The summed E-state index contributed by atoms with van der Waals surface area (Å²) in [6, 6.07) is 5.09. The number of hydrogen-bond acceptors (Lipinski definition) is 4. The van der Waals surface area contributed by atoms with Crippen molar-refractivity contribution >= 4 is 22.5 Å². The van der Waals surface area contributed by atoms with Crippen molar-refractivity contribution in [2.24, 2.45) is 0 Å². The molecule has 2 aromatic heterocycles. The molecule has 1 aromatic carbocycles. The third-order valence-electron chi connectivity index (χ3n) is 3.98. The first-order valence-electron chi connectivity index (χ1n) is 7.76. The lowest BCUT2D eigenvalue weighted by Gasteiger charge is -2.07. The van der Waals surface area contributed by atoms with Gasteiger partial charge in [-0.1, -0.05) is 19.8 Å². The summed E-state index contributed by atoms with van der Waals surface area (Å²) in [4.78, 5) is 31.2. The first kappa shape index (κ1) is 15.3. The number of nitrogens with zero attached hydrogens (tertiary/aromatic N) is 2. The molecular formula is C17H19N3O3. The van der Waals surface area contributed by atoms with Gasteiger partial charge in [0, 0.05) is 6.42 Å². The number of unbranched alkanes of at least 4 members (excludes halogenated alkanes) is 2. The van der Waals surface area contributed by atoms with Crippen LogP contribution >= 0.6 is 0 Å². The first-order valence-corrected chi connectivity index (χ1v) is 7.76. The maximum absolute atomic E-state index is 12.2. The lowest BCUT2D eigenvalue weighted by Crippen LogP contribution is -2.12. The molecule has 0 spiro atoms. The lowest BCUT2D eigenvalue weighted by molar-refractivity contribution is 0.0601. The maximum Gasteiger partial charge on any atom is 0.337 e. The minimum atomic E-state index is -0.404. The number of methoxy groups -OCH3 is 1. The Labute approximate surface area is 133 Å². The summed E-state index contributed by atoms with van der Waals surface area (Å²) in [5.74, 6) is 0.436. The molecule has 0 saturated carbocycles. The van der Waals surface area contributed by atoms with Gasteiger partial charge in [-0.3, -0.25) is 9.20 Å². The number of carbonyl (C=O) groups is 1. The lowest BCUT2D eigenvalue weighted by atomic mass is 10.1. The van der Waals surface area contributed by atoms with Crippen LogP contribution in [-0.2, 0) is 11.2 Å². The van der Waals surface area contributed by atoms with Crippen molar-refractivity contribution in [3.05, 3.63) is 46.1 Å². The number of aromatic nitrogens is 3. The van der Waals surface area contributed by atoms with Gasteiger partial charge in [-0.2, -0.15) is 0 Å². The summed E-state index contributed by atoms with van der Waals surface area (Å²) >= 11 is 0. The summed E-state index contributed by atoms with van der Waals surface area (Å²) in [5, 5.41) is 0. The van der Waals surface area contributed by atoms with Crippen molar-refractivity contribution in [1.82, 2.24) is 14.4 Å².